The summed E-state index contributed by atoms with van der Waals surface area (Å²) >= 11 is 3.00. The van der Waals surface area contributed by atoms with Crippen LogP contribution in [0.1, 0.15) is 0 Å². The van der Waals surface area contributed by atoms with Gasteiger partial charge in [-0.05, 0) is 34.1 Å². The van der Waals surface area contributed by atoms with Crippen LogP contribution in [-0.2, 0) is 10.0 Å². The number of aromatic nitrogens is 1. The van der Waals surface area contributed by atoms with Gasteiger partial charge in [0, 0.05) is 10.5 Å². The summed E-state index contributed by atoms with van der Waals surface area (Å²) < 4.78 is 45.1. The van der Waals surface area contributed by atoms with Crippen molar-refractivity contribution in [1.82, 2.24) is 4.98 Å². The smallest absolute Gasteiger partial charge is 0.263 e. The number of hydrogen-bond acceptors (Lipinski definition) is 5. The predicted octanol–water partition coefficient (Wildman–Crippen LogP) is 2.37. The zero-order valence-corrected chi connectivity index (χ0v) is 13.2. The van der Waals surface area contributed by atoms with Crippen molar-refractivity contribution in [3.05, 3.63) is 40.8 Å². The van der Waals surface area contributed by atoms with Crippen molar-refractivity contribution in [2.24, 2.45) is 0 Å². The van der Waals surface area contributed by atoms with Crippen LogP contribution in [0.4, 0.5) is 15.8 Å². The normalized spacial score (nSPS) is 11.2. The van der Waals surface area contributed by atoms with E-state index in [-0.39, 0.29) is 20.7 Å². The van der Waals surface area contributed by atoms with Gasteiger partial charge >= 0.3 is 0 Å². The number of pyridine rings is 1. The number of ether oxygens (including phenoxy) is 1. The van der Waals surface area contributed by atoms with Gasteiger partial charge in [-0.1, -0.05) is 0 Å². The monoisotopic (exact) mass is 375 g/mol. The fraction of sp³-hybridized carbons (Fsp3) is 0.0833. The molecule has 0 aliphatic carbocycles. The molecule has 6 nitrogen and oxygen atoms in total. The van der Waals surface area contributed by atoms with Crippen molar-refractivity contribution in [3.63, 3.8) is 0 Å². The third kappa shape index (κ3) is 3.42. The topological polar surface area (TPSA) is 94.3 Å². The lowest BCUT2D eigenvalue weighted by Crippen LogP contribution is -2.14. The second-order valence-corrected chi connectivity index (χ2v) is 6.50. The van der Waals surface area contributed by atoms with Gasteiger partial charge in [0.1, 0.15) is 10.7 Å². The summed E-state index contributed by atoms with van der Waals surface area (Å²) in [4.78, 5) is 3.71. The van der Waals surface area contributed by atoms with E-state index in [1.807, 2.05) is 0 Å². The van der Waals surface area contributed by atoms with Crippen LogP contribution in [-0.4, -0.2) is 20.5 Å². The first-order chi connectivity index (χ1) is 9.83. The van der Waals surface area contributed by atoms with E-state index in [2.05, 4.69) is 25.6 Å². The SMILES string of the molecule is COc1ccc(NS(=O)(=O)c2cc(N)c(F)cc2Br)cn1. The van der Waals surface area contributed by atoms with Crippen LogP contribution in [0.15, 0.2) is 39.8 Å². The second kappa shape index (κ2) is 5.86. The maximum Gasteiger partial charge on any atom is 0.263 e. The molecule has 3 N–H and O–H groups in total. The Hall–Kier alpha value is -1.87. The summed E-state index contributed by atoms with van der Waals surface area (Å²) in [6.07, 6.45) is 1.30. The van der Waals surface area contributed by atoms with Gasteiger partial charge in [-0.25, -0.2) is 17.8 Å². The van der Waals surface area contributed by atoms with Crippen LogP contribution in [0.5, 0.6) is 5.88 Å². The van der Waals surface area contributed by atoms with Crippen LogP contribution in [0.3, 0.4) is 0 Å². The highest BCUT2D eigenvalue weighted by molar-refractivity contribution is 9.10. The molecule has 1 aromatic carbocycles. The molecular weight excluding hydrogens is 365 g/mol. The number of halogens is 2. The van der Waals surface area contributed by atoms with E-state index in [1.54, 1.807) is 0 Å². The minimum absolute atomic E-state index is 0.0724. The molecule has 21 heavy (non-hydrogen) atoms. The Balaban J connectivity index is 2.35. The molecule has 0 fully saturated rings. The average molecular weight is 376 g/mol. The van der Waals surface area contributed by atoms with Gasteiger partial charge in [0.25, 0.3) is 10.0 Å². The Morgan fingerprint density at radius 3 is 2.67 bits per heavy atom. The molecule has 2 rings (SSSR count). The van der Waals surface area contributed by atoms with Crippen LogP contribution in [0, 0.1) is 5.82 Å². The maximum absolute atomic E-state index is 13.3. The molecule has 0 spiro atoms. The van der Waals surface area contributed by atoms with Gasteiger partial charge < -0.3 is 10.5 Å². The fourth-order valence-electron chi connectivity index (χ4n) is 1.52. The summed E-state index contributed by atoms with van der Waals surface area (Å²) in [7, 11) is -2.48. The molecule has 0 amide bonds. The largest absolute Gasteiger partial charge is 0.481 e. The van der Waals surface area contributed by atoms with Crippen LogP contribution < -0.4 is 15.2 Å². The molecule has 0 radical (unpaired) electrons. The van der Waals surface area contributed by atoms with E-state index in [9.17, 15) is 12.8 Å². The number of hydrogen-bond donors (Lipinski definition) is 2. The first kappa shape index (κ1) is 15.5. The fourth-order valence-corrected chi connectivity index (χ4v) is 3.62. The van der Waals surface area contributed by atoms with Crippen LogP contribution in [0.2, 0.25) is 0 Å². The third-order valence-corrected chi connectivity index (χ3v) is 4.88. The molecule has 0 bridgehead atoms. The second-order valence-electron chi connectivity index (χ2n) is 4.00. The minimum Gasteiger partial charge on any atom is -0.481 e. The summed E-state index contributed by atoms with van der Waals surface area (Å²) in [5, 5.41) is 0. The van der Waals surface area contributed by atoms with Crippen molar-refractivity contribution in [2.45, 2.75) is 4.90 Å². The number of rotatable bonds is 4. The van der Waals surface area contributed by atoms with Crippen molar-refractivity contribution in [3.8, 4) is 5.88 Å². The molecule has 0 saturated heterocycles. The maximum atomic E-state index is 13.3. The zero-order valence-electron chi connectivity index (χ0n) is 10.8. The quantitative estimate of drug-likeness (QED) is 0.799. The van der Waals surface area contributed by atoms with Crippen LogP contribution >= 0.6 is 15.9 Å². The highest BCUT2D eigenvalue weighted by Gasteiger charge is 2.20. The summed E-state index contributed by atoms with van der Waals surface area (Å²) in [6.45, 7) is 0. The van der Waals surface area contributed by atoms with Gasteiger partial charge in [-0.3, -0.25) is 4.72 Å². The lowest BCUT2D eigenvalue weighted by atomic mass is 10.3. The third-order valence-electron chi connectivity index (χ3n) is 2.54. The molecule has 0 unspecified atom stereocenters. The standard InChI is InChI=1S/C12H11BrFN3O3S/c1-20-12-3-2-7(6-16-12)17-21(18,19)11-5-10(15)9(14)4-8(11)13/h2-6,17H,15H2,1H3. The molecule has 112 valence electrons. The number of nitrogens with zero attached hydrogens (tertiary/aromatic N) is 1. The predicted molar refractivity (Wildman–Crippen MR) is 80.1 cm³/mol. The number of sulfonamides is 1. The van der Waals surface area contributed by atoms with Gasteiger partial charge in [-0.15, -0.1) is 0 Å². The Kier molecular flexibility index (Phi) is 4.33. The van der Waals surface area contributed by atoms with E-state index in [4.69, 9.17) is 10.5 Å². The van der Waals surface area contributed by atoms with Crippen molar-refractivity contribution < 1.29 is 17.5 Å². The van der Waals surface area contributed by atoms with E-state index in [1.165, 1.54) is 25.4 Å². The van der Waals surface area contributed by atoms with Gasteiger partial charge in [-0.2, -0.15) is 0 Å². The van der Waals surface area contributed by atoms with Crippen LogP contribution in [0.25, 0.3) is 0 Å². The Labute approximate surface area is 129 Å². The van der Waals surface area contributed by atoms with Crippen molar-refractivity contribution >= 4 is 37.3 Å². The highest BCUT2D eigenvalue weighted by Crippen LogP contribution is 2.28. The number of nitrogen functional groups attached to an aromatic ring is 1. The van der Waals surface area contributed by atoms with Crippen molar-refractivity contribution in [1.29, 1.82) is 0 Å². The molecule has 0 aliphatic heterocycles. The van der Waals surface area contributed by atoms with Gasteiger partial charge in [0.15, 0.2) is 0 Å². The molecule has 0 atom stereocenters. The summed E-state index contributed by atoms with van der Waals surface area (Å²) in [5.74, 6) is -0.350. The summed E-state index contributed by atoms with van der Waals surface area (Å²) in [5.41, 5.74) is 5.38. The minimum atomic E-state index is -3.93. The van der Waals surface area contributed by atoms with E-state index < -0.39 is 15.8 Å². The van der Waals surface area contributed by atoms with E-state index >= 15 is 0 Å². The highest BCUT2D eigenvalue weighted by atomic mass is 79.9. The van der Waals surface area contributed by atoms with Gasteiger partial charge in [0.05, 0.1) is 24.7 Å². The van der Waals surface area contributed by atoms with E-state index in [0.717, 1.165) is 12.1 Å². The number of anilines is 2. The number of benzene rings is 1. The number of methoxy groups -OCH3 is 1. The first-order valence-corrected chi connectivity index (χ1v) is 7.88. The Morgan fingerprint density at radius 2 is 2.10 bits per heavy atom. The molecular formula is C12H11BrFN3O3S. The lowest BCUT2D eigenvalue weighted by Gasteiger charge is -2.10. The average Bonchev–Trinajstić information content (AvgIpc) is 2.43. The molecule has 2 aromatic rings. The molecule has 1 aromatic heterocycles. The molecule has 9 heteroatoms. The molecule has 0 saturated carbocycles. The first-order valence-electron chi connectivity index (χ1n) is 5.61. The number of nitrogens with one attached hydrogen (secondary N) is 1. The Bertz CT molecular complexity index is 766. The Morgan fingerprint density at radius 1 is 1.38 bits per heavy atom. The molecule has 1 heterocycles. The lowest BCUT2D eigenvalue weighted by molar-refractivity contribution is 0.398. The van der Waals surface area contributed by atoms with Gasteiger partial charge in [0.2, 0.25) is 5.88 Å². The zero-order chi connectivity index (χ0) is 15.6. The summed E-state index contributed by atoms with van der Waals surface area (Å²) in [6, 6.07) is 5.03. The number of nitrogens with two attached hydrogens (primary N) is 1. The molecule has 0 aliphatic rings. The van der Waals surface area contributed by atoms with E-state index in [0.29, 0.717) is 5.88 Å². The van der Waals surface area contributed by atoms with Crippen molar-refractivity contribution in [2.75, 3.05) is 17.6 Å².